The van der Waals surface area contributed by atoms with E-state index in [0.29, 0.717) is 12.4 Å². The first kappa shape index (κ1) is 15.4. The highest BCUT2D eigenvalue weighted by molar-refractivity contribution is 5.40. The number of para-hydroxylation sites is 2. The van der Waals surface area contributed by atoms with Crippen LogP contribution < -0.4 is 15.2 Å². The zero-order valence-electron chi connectivity index (χ0n) is 12.8. The number of ether oxygens (including phenoxy) is 2. The fourth-order valence-corrected chi connectivity index (χ4v) is 2.05. The molecule has 0 radical (unpaired) electrons. The summed E-state index contributed by atoms with van der Waals surface area (Å²) in [6.07, 6.45) is 0.604. The van der Waals surface area contributed by atoms with E-state index in [1.54, 1.807) is 0 Å². The van der Waals surface area contributed by atoms with Gasteiger partial charge in [0.15, 0.2) is 17.6 Å². The van der Waals surface area contributed by atoms with E-state index in [4.69, 9.17) is 19.6 Å². The summed E-state index contributed by atoms with van der Waals surface area (Å²) in [6.45, 7) is 6.53. The van der Waals surface area contributed by atoms with E-state index in [-0.39, 0.29) is 12.1 Å². The van der Waals surface area contributed by atoms with Gasteiger partial charge in [-0.3, -0.25) is 0 Å². The summed E-state index contributed by atoms with van der Waals surface area (Å²) in [5.74, 6) is 2.98. The Hall–Kier alpha value is -1.94. The molecule has 2 unspecified atom stereocenters. The predicted molar refractivity (Wildman–Crippen MR) is 82.7 cm³/mol. The minimum Gasteiger partial charge on any atom is -0.490 e. The monoisotopic (exact) mass is 289 g/mol. The van der Waals surface area contributed by atoms with E-state index in [0.717, 1.165) is 23.7 Å². The molecule has 0 aliphatic carbocycles. The molecule has 0 aliphatic rings. The van der Waals surface area contributed by atoms with Crippen molar-refractivity contribution in [2.24, 2.45) is 5.73 Å². The number of rotatable bonds is 7. The first-order valence-electron chi connectivity index (χ1n) is 7.32. The summed E-state index contributed by atoms with van der Waals surface area (Å²) in [4.78, 5) is 0. The van der Waals surface area contributed by atoms with Gasteiger partial charge in [-0.2, -0.15) is 0 Å². The third-order valence-electron chi connectivity index (χ3n) is 3.08. The molecule has 0 saturated heterocycles. The van der Waals surface area contributed by atoms with Crippen LogP contribution in [0, 0.1) is 6.92 Å². The smallest absolute Gasteiger partial charge is 0.171 e. The molecule has 2 aromatic rings. The molecule has 4 nitrogen and oxygen atoms in total. The van der Waals surface area contributed by atoms with E-state index in [1.165, 1.54) is 0 Å². The van der Waals surface area contributed by atoms with Gasteiger partial charge in [-0.1, -0.05) is 19.1 Å². The van der Waals surface area contributed by atoms with Crippen molar-refractivity contribution in [3.63, 3.8) is 0 Å². The van der Waals surface area contributed by atoms with Crippen molar-refractivity contribution in [2.75, 3.05) is 6.61 Å². The Balaban J connectivity index is 2.21. The molecular formula is C17H23NO3. The fourth-order valence-electron chi connectivity index (χ4n) is 2.05. The van der Waals surface area contributed by atoms with Crippen molar-refractivity contribution in [3.05, 3.63) is 47.9 Å². The van der Waals surface area contributed by atoms with Crippen LogP contribution in [0.15, 0.2) is 40.8 Å². The van der Waals surface area contributed by atoms with Crippen LogP contribution in [-0.4, -0.2) is 12.6 Å². The number of benzene rings is 1. The molecule has 2 N–H and O–H groups in total. The molecule has 0 bridgehead atoms. The van der Waals surface area contributed by atoms with Crippen LogP contribution >= 0.6 is 0 Å². The van der Waals surface area contributed by atoms with Crippen LogP contribution in [0.3, 0.4) is 0 Å². The topological polar surface area (TPSA) is 57.6 Å². The van der Waals surface area contributed by atoms with Gasteiger partial charge in [0.2, 0.25) is 0 Å². The lowest BCUT2D eigenvalue weighted by molar-refractivity contribution is 0.144. The maximum atomic E-state index is 6.06. The molecule has 21 heavy (non-hydrogen) atoms. The Labute approximate surface area is 125 Å². The lowest BCUT2D eigenvalue weighted by Crippen LogP contribution is -2.28. The average Bonchev–Trinajstić information content (AvgIpc) is 2.89. The van der Waals surface area contributed by atoms with E-state index in [1.807, 2.05) is 50.2 Å². The van der Waals surface area contributed by atoms with Crippen molar-refractivity contribution in [2.45, 2.75) is 39.3 Å². The molecule has 0 fully saturated rings. The molecule has 1 aromatic heterocycles. The highest BCUT2D eigenvalue weighted by atomic mass is 16.5. The normalized spacial score (nSPS) is 13.7. The van der Waals surface area contributed by atoms with E-state index in [2.05, 4.69) is 6.92 Å². The summed E-state index contributed by atoms with van der Waals surface area (Å²) >= 11 is 0. The van der Waals surface area contributed by atoms with Gasteiger partial charge in [0, 0.05) is 6.04 Å². The molecule has 2 rings (SSSR count). The zero-order valence-corrected chi connectivity index (χ0v) is 12.8. The number of hydrogen-bond acceptors (Lipinski definition) is 4. The highest BCUT2D eigenvalue weighted by Crippen LogP contribution is 2.32. The maximum absolute atomic E-state index is 6.06. The van der Waals surface area contributed by atoms with Gasteiger partial charge >= 0.3 is 0 Å². The molecule has 4 heteroatoms. The van der Waals surface area contributed by atoms with E-state index < -0.39 is 0 Å². The lowest BCUT2D eigenvalue weighted by atomic mass is 10.1. The van der Waals surface area contributed by atoms with Gasteiger partial charge in [-0.25, -0.2) is 0 Å². The van der Waals surface area contributed by atoms with Gasteiger partial charge in [0.25, 0.3) is 0 Å². The highest BCUT2D eigenvalue weighted by Gasteiger charge is 2.23. The van der Waals surface area contributed by atoms with Crippen LogP contribution in [0.4, 0.5) is 0 Å². The third-order valence-corrected chi connectivity index (χ3v) is 3.08. The van der Waals surface area contributed by atoms with Crippen molar-refractivity contribution < 1.29 is 13.9 Å². The number of nitrogens with two attached hydrogens (primary N) is 1. The Morgan fingerprint density at radius 3 is 2.43 bits per heavy atom. The second kappa shape index (κ2) is 7.18. The van der Waals surface area contributed by atoms with Crippen LogP contribution in [0.2, 0.25) is 0 Å². The van der Waals surface area contributed by atoms with Gasteiger partial charge in [0.1, 0.15) is 11.5 Å². The van der Waals surface area contributed by atoms with Crippen molar-refractivity contribution >= 4 is 0 Å². The lowest BCUT2D eigenvalue weighted by Gasteiger charge is -2.22. The van der Waals surface area contributed by atoms with Gasteiger partial charge in [-0.05, 0) is 44.5 Å². The van der Waals surface area contributed by atoms with Crippen molar-refractivity contribution in [1.29, 1.82) is 0 Å². The molecule has 0 spiro atoms. The molecule has 0 amide bonds. The van der Waals surface area contributed by atoms with Crippen LogP contribution in [0.1, 0.15) is 37.9 Å². The first-order chi connectivity index (χ1) is 10.1. The minimum atomic E-state index is -0.343. The zero-order chi connectivity index (χ0) is 15.2. The number of aryl methyl sites for hydroxylation is 1. The third kappa shape index (κ3) is 4.02. The van der Waals surface area contributed by atoms with E-state index in [9.17, 15) is 0 Å². The molecular weight excluding hydrogens is 266 g/mol. The van der Waals surface area contributed by atoms with Crippen molar-refractivity contribution in [3.8, 4) is 11.5 Å². The van der Waals surface area contributed by atoms with Crippen LogP contribution in [-0.2, 0) is 0 Å². The molecule has 1 aromatic carbocycles. The minimum absolute atomic E-state index is 0.199. The molecule has 1 heterocycles. The van der Waals surface area contributed by atoms with Crippen molar-refractivity contribution in [1.82, 2.24) is 0 Å². The van der Waals surface area contributed by atoms with Crippen LogP contribution in [0.25, 0.3) is 0 Å². The molecule has 0 saturated carbocycles. The maximum Gasteiger partial charge on any atom is 0.171 e. The standard InChI is InChI=1S/C17H23NO3/c1-4-11-19-14-7-5-6-8-15(14)21-17(13(3)18)16-10-9-12(2)20-16/h5-10,13,17H,4,11,18H2,1-3H3. The second-order valence-corrected chi connectivity index (χ2v) is 5.14. The molecule has 2 atom stereocenters. The first-order valence-corrected chi connectivity index (χ1v) is 7.32. The summed E-state index contributed by atoms with van der Waals surface area (Å²) in [7, 11) is 0. The second-order valence-electron chi connectivity index (χ2n) is 5.14. The molecule has 114 valence electrons. The predicted octanol–water partition coefficient (Wildman–Crippen LogP) is 3.84. The largest absolute Gasteiger partial charge is 0.490 e. The Bertz CT molecular complexity index is 563. The summed E-state index contributed by atoms with van der Waals surface area (Å²) in [5.41, 5.74) is 6.05. The van der Waals surface area contributed by atoms with Crippen LogP contribution in [0.5, 0.6) is 11.5 Å². The Kier molecular flexibility index (Phi) is 5.28. The summed E-state index contributed by atoms with van der Waals surface area (Å²) < 4.78 is 17.4. The van der Waals surface area contributed by atoms with Gasteiger partial charge in [0.05, 0.1) is 6.61 Å². The summed E-state index contributed by atoms with van der Waals surface area (Å²) in [5, 5.41) is 0. The van der Waals surface area contributed by atoms with E-state index >= 15 is 0 Å². The molecule has 0 aliphatic heterocycles. The Morgan fingerprint density at radius 1 is 1.14 bits per heavy atom. The summed E-state index contributed by atoms with van der Waals surface area (Å²) in [6, 6.07) is 11.2. The van der Waals surface area contributed by atoms with Gasteiger partial charge in [-0.15, -0.1) is 0 Å². The van der Waals surface area contributed by atoms with Gasteiger partial charge < -0.3 is 19.6 Å². The average molecular weight is 289 g/mol. The quantitative estimate of drug-likeness (QED) is 0.841. The SMILES string of the molecule is CCCOc1ccccc1OC(c1ccc(C)o1)C(C)N. The number of furan rings is 1. The fraction of sp³-hybridized carbons (Fsp3) is 0.412. The number of hydrogen-bond donors (Lipinski definition) is 1. The Morgan fingerprint density at radius 2 is 1.86 bits per heavy atom.